The number of hydrogen-bond acceptors (Lipinski definition) is 11. The van der Waals surface area contributed by atoms with Crippen LogP contribution in [0.4, 0.5) is 45.5 Å². The van der Waals surface area contributed by atoms with Gasteiger partial charge in [0.25, 0.3) is 11.4 Å². The van der Waals surface area contributed by atoms with Crippen LogP contribution in [0.5, 0.6) is 11.5 Å². The molecule has 0 saturated carbocycles. The van der Waals surface area contributed by atoms with Gasteiger partial charge in [0.2, 0.25) is 34.7 Å². The second-order valence-electron chi connectivity index (χ2n) is 21.2. The molecule has 3 N–H and O–H groups in total. The Bertz CT molecular complexity index is 3860. The number of nitrogens with one attached hydrogen (secondary N) is 2. The molecule has 16 heteroatoms. The van der Waals surface area contributed by atoms with E-state index in [9.17, 15) is 34.9 Å². The van der Waals surface area contributed by atoms with Gasteiger partial charge in [0.15, 0.2) is 0 Å². The number of rotatable bonds is 20. The van der Waals surface area contributed by atoms with Gasteiger partial charge < -0.3 is 30.1 Å². The smallest absolute Gasteiger partial charge is 0.269 e. The number of nitro groups is 2. The number of carbonyl (C=O) groups excluding carboxylic acids is 3. The van der Waals surface area contributed by atoms with Crippen LogP contribution in [0, 0.1) is 75.6 Å². The fourth-order valence-electron chi connectivity index (χ4n) is 10.5. The van der Waals surface area contributed by atoms with Gasteiger partial charge in [0.1, 0.15) is 17.3 Å². The van der Waals surface area contributed by atoms with Crippen molar-refractivity contribution in [3.05, 3.63) is 251 Å². The zero-order valence-corrected chi connectivity index (χ0v) is 48.2. The molecule has 426 valence electrons. The zero-order chi connectivity index (χ0) is 59.9. The van der Waals surface area contributed by atoms with E-state index in [2.05, 4.69) is 44.4 Å². The molecule has 0 unspecified atom stereocenters. The number of Topliss-reactive ketones (excluding diaryl/α,β-unsaturated/α-hetero) is 1. The maximum Gasteiger partial charge on any atom is 0.269 e. The molecule has 2 amide bonds. The van der Waals surface area contributed by atoms with Crippen LogP contribution < -0.4 is 29.6 Å². The van der Waals surface area contributed by atoms with Gasteiger partial charge in [-0.1, -0.05) is 58.7 Å². The number of nitro benzene ring substituents is 2. The van der Waals surface area contributed by atoms with Gasteiger partial charge in [-0.25, -0.2) is 0 Å². The molecule has 84 heavy (non-hydrogen) atoms. The van der Waals surface area contributed by atoms with Crippen LogP contribution >= 0.6 is 0 Å². The van der Waals surface area contributed by atoms with E-state index in [1.54, 1.807) is 24.3 Å². The van der Waals surface area contributed by atoms with Crippen LogP contribution in [0.25, 0.3) is 5.57 Å². The maximum atomic E-state index is 15.1. The summed E-state index contributed by atoms with van der Waals surface area (Å²) in [4.78, 5) is 66.8. The summed E-state index contributed by atoms with van der Waals surface area (Å²) in [6, 6.07) is 41.5. The lowest BCUT2D eigenvalue weighted by atomic mass is 9.78. The van der Waals surface area contributed by atoms with Crippen LogP contribution in [0.1, 0.15) is 75.8 Å². The highest BCUT2D eigenvalue weighted by Crippen LogP contribution is 2.46. The summed E-state index contributed by atoms with van der Waals surface area (Å²) in [7, 11) is 0. The van der Waals surface area contributed by atoms with Crippen LogP contribution in [0.15, 0.2) is 180 Å². The molecular formula is C68H65N6O10+. The molecule has 2 aliphatic carbocycles. The highest BCUT2D eigenvalue weighted by atomic mass is 16.6. The van der Waals surface area contributed by atoms with Gasteiger partial charge in [0.05, 0.1) is 45.6 Å². The molecule has 0 radical (unpaired) electrons. The van der Waals surface area contributed by atoms with Crippen molar-refractivity contribution in [3.63, 3.8) is 0 Å². The van der Waals surface area contributed by atoms with Crippen LogP contribution in [-0.2, 0) is 14.4 Å². The number of ether oxygens (including phenoxy) is 2. The van der Waals surface area contributed by atoms with E-state index >= 15 is 4.79 Å². The second-order valence-corrected chi connectivity index (χ2v) is 21.2. The largest absolute Gasteiger partial charge is 0.506 e. The highest BCUT2D eigenvalue weighted by Gasteiger charge is 2.40. The van der Waals surface area contributed by atoms with Crippen LogP contribution in [0.3, 0.4) is 0 Å². The van der Waals surface area contributed by atoms with Crippen molar-refractivity contribution < 1.29 is 38.8 Å². The third-order valence-corrected chi connectivity index (χ3v) is 14.6. The predicted octanol–water partition coefficient (Wildman–Crippen LogP) is 14.8. The summed E-state index contributed by atoms with van der Waals surface area (Å²) in [5, 5.41) is 40.9. The summed E-state index contributed by atoms with van der Waals surface area (Å²) in [5.41, 5.74) is 14.1. The number of benzene rings is 7. The van der Waals surface area contributed by atoms with Gasteiger partial charge in [-0.05, 0) is 152 Å². The number of aliphatic hydroxyl groups is 1. The molecule has 0 aromatic heterocycles. The third kappa shape index (κ3) is 13.1. The average Bonchev–Trinajstić information content (AvgIpc) is 1.23. The van der Waals surface area contributed by atoms with Gasteiger partial charge >= 0.3 is 0 Å². The van der Waals surface area contributed by atoms with Crippen LogP contribution in [-0.4, -0.2) is 51.5 Å². The monoisotopic (exact) mass is 1130 g/mol. The number of allylic oxidation sites excluding steroid dienone is 5. The summed E-state index contributed by atoms with van der Waals surface area (Å²) < 4.78 is 13.7. The van der Waals surface area contributed by atoms with Crippen molar-refractivity contribution in [3.8, 4) is 11.5 Å². The number of carbonyl (C=O) groups is 3. The number of amides is 2. The molecule has 0 heterocycles. The standard InChI is InChI=1S/C68H64N6O10/c1-41-13-29-59(45(5)35-41)71(60-30-14-42(2)36-46(60)6)51-21-27-55(57(39-51)69-63(75)11-9-33-83-53-23-17-49(18-24-53)73(79)80)65-67(77)66(68(65)78)56-28-22-52(72(61-31-15-43(3)37-47(61)7)62-32-16-44(4)38-48(62)8)40-58(56)70-64(76)12-10-34-84-54-25-19-50(20-26-54)74(81)82/h13-32,35-40H,9-12,33-34H2,1-8H3,(H2,69,70,75,76,77,78)/p+1. The van der Waals surface area contributed by atoms with Crippen molar-refractivity contribution >= 4 is 74.4 Å². The molecule has 9 rings (SSSR count). The number of nitrogens with zero attached hydrogens (tertiary/aromatic N) is 4. The normalized spacial score (nSPS) is 13.7. The maximum absolute atomic E-state index is 15.1. The van der Waals surface area contributed by atoms with E-state index in [4.69, 9.17) is 9.47 Å². The van der Waals surface area contributed by atoms with E-state index in [1.165, 1.54) is 48.5 Å². The number of aryl methyl sites for hydroxylation is 8. The first-order valence-corrected chi connectivity index (χ1v) is 27.6. The lowest BCUT2D eigenvalue weighted by Gasteiger charge is -2.31. The fourth-order valence-corrected chi connectivity index (χ4v) is 10.5. The Hall–Kier alpha value is -10.2. The molecular weight excluding hydrogens is 1060 g/mol. The summed E-state index contributed by atoms with van der Waals surface area (Å²) >= 11 is 0. The van der Waals surface area contributed by atoms with Crippen molar-refractivity contribution in [2.45, 2.75) is 81.1 Å². The molecule has 16 nitrogen and oxygen atoms in total. The van der Waals surface area contributed by atoms with E-state index in [0.717, 1.165) is 67.3 Å². The molecule has 0 aliphatic heterocycles. The zero-order valence-electron chi connectivity index (χ0n) is 48.2. The number of ketones is 1. The molecule has 0 atom stereocenters. The van der Waals surface area contributed by atoms with Gasteiger partial charge in [-0.15, -0.1) is 0 Å². The average molecular weight is 1130 g/mol. The van der Waals surface area contributed by atoms with Gasteiger partial charge in [0, 0.05) is 101 Å². The fraction of sp³-hybridized carbons (Fsp3) is 0.206. The minimum Gasteiger partial charge on any atom is -0.506 e. The number of non-ortho nitro benzene ring substituents is 2. The molecule has 0 fully saturated rings. The molecule has 2 aliphatic rings. The van der Waals surface area contributed by atoms with Crippen molar-refractivity contribution in [2.75, 3.05) is 23.4 Å². The minimum absolute atomic E-state index is 0.00464. The minimum atomic E-state index is -0.520. The molecule has 7 aromatic carbocycles. The summed E-state index contributed by atoms with van der Waals surface area (Å²) in [6.45, 7) is 16.5. The van der Waals surface area contributed by atoms with Gasteiger partial charge in [-0.3, -0.25) is 34.6 Å². The first-order valence-electron chi connectivity index (χ1n) is 27.6. The van der Waals surface area contributed by atoms with Crippen LogP contribution in [0.2, 0.25) is 0 Å². The van der Waals surface area contributed by atoms with E-state index in [1.807, 2.05) is 116 Å². The summed E-state index contributed by atoms with van der Waals surface area (Å²) in [5.74, 6) is -0.810. The van der Waals surface area contributed by atoms with Gasteiger partial charge in [-0.2, -0.15) is 4.58 Å². The molecule has 0 saturated heterocycles. The first kappa shape index (κ1) is 58.4. The van der Waals surface area contributed by atoms with E-state index in [0.29, 0.717) is 22.9 Å². The van der Waals surface area contributed by atoms with E-state index < -0.39 is 27.4 Å². The lowest BCUT2D eigenvalue weighted by Crippen LogP contribution is -2.31. The van der Waals surface area contributed by atoms with Crippen molar-refractivity contribution in [1.82, 2.24) is 9.89 Å². The van der Waals surface area contributed by atoms with Crippen molar-refractivity contribution in [2.24, 2.45) is 0 Å². The predicted molar refractivity (Wildman–Crippen MR) is 330 cm³/mol. The van der Waals surface area contributed by atoms with Crippen molar-refractivity contribution in [1.29, 1.82) is 0 Å². The number of anilines is 4. The lowest BCUT2D eigenvalue weighted by molar-refractivity contribution is -0.385. The Morgan fingerprint density at radius 2 is 1.01 bits per heavy atom. The first-order chi connectivity index (χ1) is 40.2. The number of hydrogen-bond donors (Lipinski definition) is 3. The Morgan fingerprint density at radius 1 is 0.548 bits per heavy atom. The quantitative estimate of drug-likeness (QED) is 0.0215. The Labute approximate surface area is 487 Å². The highest BCUT2D eigenvalue weighted by molar-refractivity contribution is 6.40. The Morgan fingerprint density at radius 3 is 1.46 bits per heavy atom. The molecule has 0 spiro atoms. The molecule has 7 aromatic rings. The summed E-state index contributed by atoms with van der Waals surface area (Å²) in [6.07, 6.45) is 5.94. The van der Waals surface area contributed by atoms with E-state index in [-0.39, 0.29) is 89.7 Å². The second kappa shape index (κ2) is 25.3. The molecule has 0 bridgehead atoms. The number of aliphatic hydroxyl groups excluding tert-OH is 1. The SMILES string of the molecule is Cc1ccc(N(c2ccc(C3=C(O)/C(=C4/C=CC(=[N+](c5ccc(C)cc5C)c5ccc(C)cc5C)C=C4NC(=O)CCCOc4ccc([N+](=O)[O-])cc4)C3=O)c(NC(=O)CCCOc3ccc([N+](=O)[O-])cc3)c2)c2ccc(C)cc2C)c(C)c1. The third-order valence-electron chi connectivity index (χ3n) is 14.6. The Kier molecular flexibility index (Phi) is 17.6. The topological polar surface area (TPSA) is 206 Å². The Balaban J connectivity index is 1.11.